The minimum Gasteiger partial charge on any atom is -0.355 e. The lowest BCUT2D eigenvalue weighted by atomic mass is 10.2. The maximum atomic E-state index is 12.1. The van der Waals surface area contributed by atoms with Crippen molar-refractivity contribution < 1.29 is 4.79 Å². The average molecular weight is 408 g/mol. The van der Waals surface area contributed by atoms with E-state index in [-0.39, 0.29) is 5.91 Å². The number of halogens is 2. The molecule has 136 valence electrons. The van der Waals surface area contributed by atoms with Crippen LogP contribution in [0.2, 0.25) is 10.0 Å². The molecule has 1 aromatic heterocycles. The Balaban J connectivity index is 1.43. The molecule has 3 rings (SSSR count). The van der Waals surface area contributed by atoms with Crippen LogP contribution in [-0.4, -0.2) is 35.9 Å². The van der Waals surface area contributed by atoms with Crippen LogP contribution in [0.15, 0.2) is 42.5 Å². The molecule has 0 spiro atoms. The van der Waals surface area contributed by atoms with E-state index < -0.39 is 0 Å². The number of para-hydroxylation sites is 1. The molecular formula is C19H19Cl2N3OS. The zero-order chi connectivity index (χ0) is 18.5. The van der Waals surface area contributed by atoms with Gasteiger partial charge in [0, 0.05) is 19.5 Å². The highest BCUT2D eigenvalue weighted by Crippen LogP contribution is 2.23. The monoisotopic (exact) mass is 407 g/mol. The number of fused-ring (bicyclic) bond motifs is 1. The van der Waals surface area contributed by atoms with E-state index in [1.807, 2.05) is 42.3 Å². The summed E-state index contributed by atoms with van der Waals surface area (Å²) in [7, 11) is 1.90. The first-order chi connectivity index (χ1) is 12.5. The van der Waals surface area contributed by atoms with Gasteiger partial charge in [0.1, 0.15) is 0 Å². The Labute approximate surface area is 166 Å². The molecule has 7 heteroatoms. The van der Waals surface area contributed by atoms with Crippen molar-refractivity contribution in [1.29, 1.82) is 0 Å². The lowest BCUT2D eigenvalue weighted by Crippen LogP contribution is -2.35. The summed E-state index contributed by atoms with van der Waals surface area (Å²) in [6.45, 7) is 1.53. The van der Waals surface area contributed by atoms with Gasteiger partial charge in [-0.15, -0.1) is 11.3 Å². The Bertz CT molecular complexity index is 880. The number of hydrogen-bond acceptors (Lipinski definition) is 4. The molecule has 0 aliphatic heterocycles. The van der Waals surface area contributed by atoms with Gasteiger partial charge in [-0.2, -0.15) is 0 Å². The van der Waals surface area contributed by atoms with Crippen LogP contribution in [0, 0.1) is 0 Å². The highest BCUT2D eigenvalue weighted by Gasteiger charge is 2.09. The van der Waals surface area contributed by atoms with Gasteiger partial charge in [0.05, 0.1) is 31.8 Å². The topological polar surface area (TPSA) is 45.2 Å². The molecule has 4 nitrogen and oxygen atoms in total. The van der Waals surface area contributed by atoms with Gasteiger partial charge >= 0.3 is 0 Å². The lowest BCUT2D eigenvalue weighted by Gasteiger charge is -2.16. The number of thiazole rings is 1. The first kappa shape index (κ1) is 19.1. The fraction of sp³-hybridized carbons (Fsp3) is 0.263. The van der Waals surface area contributed by atoms with Crippen LogP contribution in [-0.2, 0) is 17.8 Å². The van der Waals surface area contributed by atoms with Gasteiger partial charge in [-0.05, 0) is 36.9 Å². The minimum absolute atomic E-state index is 0.00586. The second-order valence-corrected chi connectivity index (χ2v) is 8.03. The molecule has 0 bridgehead atoms. The maximum absolute atomic E-state index is 12.1. The van der Waals surface area contributed by atoms with Gasteiger partial charge in [-0.25, -0.2) is 4.98 Å². The molecule has 0 fully saturated rings. The van der Waals surface area contributed by atoms with Crippen molar-refractivity contribution in [2.75, 3.05) is 20.1 Å². The summed E-state index contributed by atoms with van der Waals surface area (Å²) >= 11 is 13.6. The molecule has 3 aromatic rings. The highest BCUT2D eigenvalue weighted by molar-refractivity contribution is 7.18. The summed E-state index contributed by atoms with van der Waals surface area (Å²) in [4.78, 5) is 18.6. The summed E-state index contributed by atoms with van der Waals surface area (Å²) in [6, 6.07) is 13.6. The quantitative estimate of drug-likeness (QED) is 0.631. The summed E-state index contributed by atoms with van der Waals surface area (Å²) in [6.07, 6.45) is 0.738. The number of hydrogen-bond donors (Lipinski definition) is 1. The van der Waals surface area contributed by atoms with Gasteiger partial charge in [-0.3, -0.25) is 9.69 Å². The SMILES string of the molecule is CN(CC(=O)NCCc1nc2ccccc2s1)Cc1ccc(Cl)c(Cl)c1. The Kier molecular flexibility index (Phi) is 6.48. The lowest BCUT2D eigenvalue weighted by molar-refractivity contribution is -0.122. The molecule has 0 aliphatic carbocycles. The molecule has 0 aliphatic rings. The predicted molar refractivity (Wildman–Crippen MR) is 109 cm³/mol. The van der Waals surface area contributed by atoms with Crippen molar-refractivity contribution in [3.8, 4) is 0 Å². The Morgan fingerprint density at radius 2 is 2.00 bits per heavy atom. The molecule has 2 aromatic carbocycles. The third-order valence-corrected chi connectivity index (χ3v) is 5.68. The third kappa shape index (κ3) is 5.17. The van der Waals surface area contributed by atoms with Crippen LogP contribution in [0.25, 0.3) is 10.2 Å². The number of nitrogens with one attached hydrogen (secondary N) is 1. The molecular weight excluding hydrogens is 389 g/mol. The van der Waals surface area contributed by atoms with Crippen molar-refractivity contribution in [2.45, 2.75) is 13.0 Å². The Hall–Kier alpha value is -1.66. The largest absolute Gasteiger partial charge is 0.355 e. The Morgan fingerprint density at radius 1 is 1.19 bits per heavy atom. The number of amides is 1. The van der Waals surface area contributed by atoms with E-state index in [4.69, 9.17) is 23.2 Å². The first-order valence-electron chi connectivity index (χ1n) is 8.25. The molecule has 0 atom stereocenters. The number of nitrogens with zero attached hydrogens (tertiary/aromatic N) is 2. The second-order valence-electron chi connectivity index (χ2n) is 6.10. The zero-order valence-electron chi connectivity index (χ0n) is 14.3. The minimum atomic E-state index is -0.00586. The Morgan fingerprint density at radius 3 is 2.77 bits per heavy atom. The number of benzene rings is 2. The molecule has 0 unspecified atom stereocenters. The van der Waals surface area contributed by atoms with Crippen LogP contribution in [0.1, 0.15) is 10.6 Å². The van der Waals surface area contributed by atoms with Crippen LogP contribution < -0.4 is 5.32 Å². The number of carbonyl (C=O) groups excluding carboxylic acids is 1. The number of likely N-dealkylation sites (N-methyl/N-ethyl adjacent to an activating group) is 1. The van der Waals surface area contributed by atoms with E-state index in [0.717, 1.165) is 22.5 Å². The summed E-state index contributed by atoms with van der Waals surface area (Å²) in [5.41, 5.74) is 2.03. The summed E-state index contributed by atoms with van der Waals surface area (Å²) in [5.74, 6) is -0.00586. The number of aromatic nitrogens is 1. The zero-order valence-corrected chi connectivity index (χ0v) is 16.7. The maximum Gasteiger partial charge on any atom is 0.234 e. The van der Waals surface area contributed by atoms with E-state index in [1.54, 1.807) is 17.4 Å². The molecule has 26 heavy (non-hydrogen) atoms. The van der Waals surface area contributed by atoms with Crippen LogP contribution in [0.5, 0.6) is 0 Å². The van der Waals surface area contributed by atoms with E-state index in [2.05, 4.69) is 16.4 Å². The van der Waals surface area contributed by atoms with E-state index in [9.17, 15) is 4.79 Å². The predicted octanol–water partition coefficient (Wildman–Crippen LogP) is 4.39. The first-order valence-corrected chi connectivity index (χ1v) is 9.82. The molecule has 0 radical (unpaired) electrons. The van der Waals surface area contributed by atoms with Crippen molar-refractivity contribution in [3.05, 3.63) is 63.1 Å². The fourth-order valence-electron chi connectivity index (χ4n) is 2.64. The van der Waals surface area contributed by atoms with Crippen molar-refractivity contribution in [2.24, 2.45) is 0 Å². The standard InChI is InChI=1S/C19H19Cl2N3OS/c1-24(11-13-6-7-14(20)15(21)10-13)12-18(25)22-9-8-19-23-16-4-2-3-5-17(16)26-19/h2-7,10H,8-9,11-12H2,1H3,(H,22,25). The van der Waals surface area contributed by atoms with Crippen LogP contribution in [0.3, 0.4) is 0 Å². The van der Waals surface area contributed by atoms with E-state index in [1.165, 1.54) is 4.70 Å². The summed E-state index contributed by atoms with van der Waals surface area (Å²) < 4.78 is 1.18. The fourth-order valence-corrected chi connectivity index (χ4v) is 3.93. The average Bonchev–Trinajstić information content (AvgIpc) is 3.00. The molecule has 0 saturated heterocycles. The van der Waals surface area contributed by atoms with E-state index in [0.29, 0.717) is 29.7 Å². The number of carbonyl (C=O) groups is 1. The van der Waals surface area contributed by atoms with Gasteiger partial charge in [0.15, 0.2) is 0 Å². The molecule has 1 N–H and O–H groups in total. The van der Waals surface area contributed by atoms with Gasteiger partial charge in [0.2, 0.25) is 5.91 Å². The second kappa shape index (κ2) is 8.82. The number of rotatable bonds is 7. The van der Waals surface area contributed by atoms with Gasteiger partial charge in [-0.1, -0.05) is 41.4 Å². The summed E-state index contributed by atoms with van der Waals surface area (Å²) in [5, 5.41) is 5.05. The highest BCUT2D eigenvalue weighted by atomic mass is 35.5. The van der Waals surface area contributed by atoms with Crippen LogP contribution in [0.4, 0.5) is 0 Å². The van der Waals surface area contributed by atoms with Crippen molar-refractivity contribution in [3.63, 3.8) is 0 Å². The van der Waals surface area contributed by atoms with Crippen LogP contribution >= 0.6 is 34.5 Å². The third-order valence-electron chi connectivity index (χ3n) is 3.85. The van der Waals surface area contributed by atoms with Gasteiger partial charge < -0.3 is 5.32 Å². The molecule has 1 heterocycles. The molecule has 0 saturated carbocycles. The van der Waals surface area contributed by atoms with Crippen molar-refractivity contribution in [1.82, 2.24) is 15.2 Å². The van der Waals surface area contributed by atoms with Crippen molar-refractivity contribution >= 4 is 50.7 Å². The normalized spacial score (nSPS) is 11.2. The smallest absolute Gasteiger partial charge is 0.234 e. The molecule has 1 amide bonds. The van der Waals surface area contributed by atoms with Gasteiger partial charge in [0.25, 0.3) is 0 Å². The van der Waals surface area contributed by atoms with E-state index >= 15 is 0 Å².